The molecule has 1 rings (SSSR count). The number of nitrogens with zero attached hydrogens (tertiary/aromatic N) is 1. The average Bonchev–Trinajstić information content (AvgIpc) is 1.76. The van der Waals surface area contributed by atoms with Crippen LogP contribution in [0.2, 0.25) is 0 Å². The predicted molar refractivity (Wildman–Crippen MR) is 22.6 cm³/mol. The van der Waals surface area contributed by atoms with Crippen LogP contribution in [-0.4, -0.2) is 4.98 Å². The molecule has 2 nitrogen and oxygen atoms in total. The smallest absolute Gasteiger partial charge is 0.101 e. The summed E-state index contributed by atoms with van der Waals surface area (Å²) in [6.07, 6.45) is 5.22. The summed E-state index contributed by atoms with van der Waals surface area (Å²) in [7, 11) is 0. The summed E-state index contributed by atoms with van der Waals surface area (Å²) in [6, 6.07) is 0. The topological polar surface area (TPSA) is 26.0 Å². The van der Waals surface area contributed by atoms with Crippen LogP contribution in [0, 0.1) is 6.39 Å². The number of oxazole rings is 1. The quantitative estimate of drug-likeness (QED) is 0.426. The SMILES string of the molecule is Cl.[Zn].[c-]1ncco1. The van der Waals surface area contributed by atoms with Gasteiger partial charge in [0, 0.05) is 19.5 Å². The van der Waals surface area contributed by atoms with Crippen LogP contribution >= 0.6 is 12.4 Å². The van der Waals surface area contributed by atoms with Gasteiger partial charge < -0.3 is 9.40 Å². The fourth-order valence-electron chi connectivity index (χ4n) is 0.152. The van der Waals surface area contributed by atoms with E-state index in [1.54, 1.807) is 0 Å². The van der Waals surface area contributed by atoms with Gasteiger partial charge in [0.1, 0.15) is 6.39 Å². The molecule has 0 amide bonds. The predicted octanol–water partition coefficient (Wildman–Crippen LogP) is 0.894. The van der Waals surface area contributed by atoms with Gasteiger partial charge in [-0.05, 0) is 6.26 Å². The van der Waals surface area contributed by atoms with Crippen molar-refractivity contribution in [1.82, 2.24) is 4.98 Å². The fraction of sp³-hybridized carbons (Fsp3) is 0. The van der Waals surface area contributed by atoms with Gasteiger partial charge in [-0.3, -0.25) is 0 Å². The molecule has 1 aromatic heterocycles. The van der Waals surface area contributed by atoms with Gasteiger partial charge in [-0.1, -0.05) is 6.20 Å². The van der Waals surface area contributed by atoms with Crippen molar-refractivity contribution in [2.24, 2.45) is 0 Å². The number of rotatable bonds is 0. The Bertz CT molecular complexity index is 71.4. The van der Waals surface area contributed by atoms with Crippen molar-refractivity contribution in [3.8, 4) is 0 Å². The van der Waals surface area contributed by atoms with E-state index in [1.165, 1.54) is 12.5 Å². The van der Waals surface area contributed by atoms with E-state index in [0.29, 0.717) is 0 Å². The number of aromatic nitrogens is 1. The van der Waals surface area contributed by atoms with Crippen molar-refractivity contribution in [1.29, 1.82) is 0 Å². The van der Waals surface area contributed by atoms with Crippen LogP contribution in [0.4, 0.5) is 0 Å². The van der Waals surface area contributed by atoms with Crippen molar-refractivity contribution in [3.05, 3.63) is 18.9 Å². The molecule has 1 heterocycles. The second kappa shape index (κ2) is 6.12. The van der Waals surface area contributed by atoms with Gasteiger partial charge in [-0.25, -0.2) is 0 Å². The third-order valence-electron chi connectivity index (χ3n) is 0.309. The van der Waals surface area contributed by atoms with E-state index in [9.17, 15) is 0 Å². The van der Waals surface area contributed by atoms with Crippen molar-refractivity contribution in [3.63, 3.8) is 0 Å². The van der Waals surface area contributed by atoms with Crippen LogP contribution in [0.15, 0.2) is 16.9 Å². The second-order valence-electron chi connectivity index (χ2n) is 0.623. The summed E-state index contributed by atoms with van der Waals surface area (Å²) in [5.41, 5.74) is 0. The molecule has 0 saturated heterocycles. The van der Waals surface area contributed by atoms with E-state index < -0.39 is 0 Å². The molecule has 0 fully saturated rings. The van der Waals surface area contributed by atoms with Crippen LogP contribution in [-0.2, 0) is 19.5 Å². The summed E-state index contributed by atoms with van der Waals surface area (Å²) in [5, 5.41) is 0. The largest absolute Gasteiger partial charge is 0.581 e. The Kier molecular flexibility index (Phi) is 8.90. The Morgan fingerprint density at radius 3 is 2.43 bits per heavy atom. The molecule has 0 unspecified atom stereocenters. The molecule has 0 aliphatic heterocycles. The van der Waals surface area contributed by atoms with Crippen LogP contribution in [0.3, 0.4) is 0 Å². The van der Waals surface area contributed by atoms with Crippen LogP contribution in [0.1, 0.15) is 0 Å². The van der Waals surface area contributed by atoms with E-state index in [-0.39, 0.29) is 31.9 Å². The molecular weight excluding hydrogens is 167 g/mol. The molecule has 0 aromatic carbocycles. The number of hydrogen-bond acceptors (Lipinski definition) is 2. The average molecular weight is 170 g/mol. The van der Waals surface area contributed by atoms with E-state index in [2.05, 4.69) is 15.8 Å². The standard InChI is InChI=1S/C3H2NO.ClH.Zn/c1-2-5-3-4-1;;/h1-2H;1H;/q-1;;. The Balaban J connectivity index is 0. The van der Waals surface area contributed by atoms with Gasteiger partial charge in [-0.2, -0.15) is 0 Å². The van der Waals surface area contributed by atoms with E-state index in [4.69, 9.17) is 0 Å². The first-order chi connectivity index (χ1) is 2.50. The zero-order chi connectivity index (χ0) is 3.54. The summed E-state index contributed by atoms with van der Waals surface area (Å²) in [5.74, 6) is 0. The van der Waals surface area contributed by atoms with E-state index in [1.807, 2.05) is 0 Å². The maximum Gasteiger partial charge on any atom is 0.101 e. The molecule has 0 saturated carbocycles. The number of halogens is 1. The van der Waals surface area contributed by atoms with Crippen LogP contribution < -0.4 is 0 Å². The fourth-order valence-corrected chi connectivity index (χ4v) is 0.152. The van der Waals surface area contributed by atoms with Crippen molar-refractivity contribution in [2.75, 3.05) is 0 Å². The normalized spacial score (nSPS) is 5.71. The van der Waals surface area contributed by atoms with Crippen molar-refractivity contribution >= 4 is 12.4 Å². The molecule has 0 bridgehead atoms. The van der Waals surface area contributed by atoms with E-state index in [0.717, 1.165) is 0 Å². The third kappa shape index (κ3) is 3.97. The minimum Gasteiger partial charge on any atom is -0.581 e. The monoisotopic (exact) mass is 168 g/mol. The summed E-state index contributed by atoms with van der Waals surface area (Å²) < 4.78 is 4.35. The van der Waals surface area contributed by atoms with Gasteiger partial charge in [-0.15, -0.1) is 12.4 Å². The first-order valence-electron chi connectivity index (χ1n) is 1.25. The van der Waals surface area contributed by atoms with Crippen LogP contribution in [0.5, 0.6) is 0 Å². The van der Waals surface area contributed by atoms with Gasteiger partial charge >= 0.3 is 0 Å². The van der Waals surface area contributed by atoms with Crippen LogP contribution in [0.25, 0.3) is 0 Å². The molecule has 0 aliphatic rings. The molecule has 0 radical (unpaired) electrons. The Labute approximate surface area is 60.5 Å². The molecule has 0 N–H and O–H groups in total. The van der Waals surface area contributed by atoms with Crippen molar-refractivity contribution < 1.29 is 23.9 Å². The minimum atomic E-state index is 0. The third-order valence-corrected chi connectivity index (χ3v) is 0.309. The molecule has 1 aromatic rings. The van der Waals surface area contributed by atoms with Gasteiger partial charge in [0.15, 0.2) is 0 Å². The molecule has 0 atom stereocenters. The molecule has 36 valence electrons. The maximum absolute atomic E-state index is 4.35. The molecule has 0 aliphatic carbocycles. The molecule has 4 heteroatoms. The Morgan fingerprint density at radius 1 is 1.57 bits per heavy atom. The Hall–Kier alpha value is 0.123. The summed E-state index contributed by atoms with van der Waals surface area (Å²) in [6.45, 7) is 0. The molecule has 0 spiro atoms. The minimum absolute atomic E-state index is 0. The first-order valence-corrected chi connectivity index (χ1v) is 1.25. The van der Waals surface area contributed by atoms with Gasteiger partial charge in [0.2, 0.25) is 0 Å². The zero-order valence-corrected chi connectivity index (χ0v) is 7.41. The van der Waals surface area contributed by atoms with E-state index >= 15 is 0 Å². The zero-order valence-electron chi connectivity index (χ0n) is 3.63. The summed E-state index contributed by atoms with van der Waals surface area (Å²) >= 11 is 0. The molecule has 7 heavy (non-hydrogen) atoms. The number of hydrogen-bond donors (Lipinski definition) is 0. The second-order valence-corrected chi connectivity index (χ2v) is 0.623. The van der Waals surface area contributed by atoms with Crippen molar-refractivity contribution in [2.45, 2.75) is 0 Å². The molecular formula is C3H3ClNOZn-. The Morgan fingerprint density at radius 2 is 2.29 bits per heavy atom. The van der Waals surface area contributed by atoms with Gasteiger partial charge in [0.05, 0.1) is 0 Å². The van der Waals surface area contributed by atoms with Gasteiger partial charge in [0.25, 0.3) is 0 Å². The maximum atomic E-state index is 4.35. The summed E-state index contributed by atoms with van der Waals surface area (Å²) in [4.78, 5) is 3.43. The first kappa shape index (κ1) is 10.2.